The van der Waals surface area contributed by atoms with E-state index in [4.69, 9.17) is 0 Å². The van der Waals surface area contributed by atoms with Crippen LogP contribution in [0.25, 0.3) is 0 Å². The Hall–Kier alpha value is -1.95. The summed E-state index contributed by atoms with van der Waals surface area (Å²) in [5, 5.41) is 22.9. The topological polar surface area (TPSA) is 59.8 Å². The maximum Gasteiger partial charge on any atom is 0.115 e. The molecule has 2 aliphatic heterocycles. The number of aliphatic hydroxyl groups is 1. The highest BCUT2D eigenvalue weighted by Crippen LogP contribution is 2.56. The molecule has 0 amide bonds. The van der Waals surface area contributed by atoms with Gasteiger partial charge >= 0.3 is 0 Å². The Labute approximate surface area is 197 Å². The molecule has 2 N–H and O–H groups in total. The molecule has 33 heavy (non-hydrogen) atoms. The van der Waals surface area contributed by atoms with E-state index in [1.807, 2.05) is 24.4 Å². The van der Waals surface area contributed by atoms with Gasteiger partial charge in [0.25, 0.3) is 0 Å². The second-order valence-electron chi connectivity index (χ2n) is 11.0. The van der Waals surface area contributed by atoms with Gasteiger partial charge in [-0.05, 0) is 112 Å². The minimum Gasteiger partial charge on any atom is -0.508 e. The van der Waals surface area contributed by atoms with Gasteiger partial charge in [-0.3, -0.25) is 9.88 Å². The van der Waals surface area contributed by atoms with Crippen LogP contribution in [-0.4, -0.2) is 69.4 Å². The first kappa shape index (κ1) is 21.6. The molecule has 0 radical (unpaired) electrons. The van der Waals surface area contributed by atoms with Gasteiger partial charge in [0, 0.05) is 36.4 Å². The highest BCUT2D eigenvalue weighted by molar-refractivity contribution is 5.48. The number of likely N-dealkylation sites (tertiary alicyclic amines) is 2. The molecule has 6 rings (SSSR count). The molecule has 176 valence electrons. The summed E-state index contributed by atoms with van der Waals surface area (Å²) in [5.41, 5.74) is 2.75. The molecule has 3 fully saturated rings. The van der Waals surface area contributed by atoms with E-state index >= 15 is 0 Å². The molecule has 0 spiro atoms. The van der Waals surface area contributed by atoms with Crippen molar-refractivity contribution in [3.8, 4) is 5.75 Å². The van der Waals surface area contributed by atoms with Crippen LogP contribution in [0.5, 0.6) is 5.75 Å². The molecule has 2 bridgehead atoms. The lowest BCUT2D eigenvalue weighted by molar-refractivity contribution is -0.149. The molecule has 3 unspecified atom stereocenters. The van der Waals surface area contributed by atoms with E-state index in [0.29, 0.717) is 5.75 Å². The molecular weight excluding hydrogens is 410 g/mol. The van der Waals surface area contributed by atoms with Gasteiger partial charge < -0.3 is 15.1 Å². The highest BCUT2D eigenvalue weighted by Gasteiger charge is 2.63. The molecule has 2 aromatic rings. The fourth-order valence-corrected chi connectivity index (χ4v) is 7.17. The van der Waals surface area contributed by atoms with Crippen LogP contribution in [0.1, 0.15) is 55.3 Å². The molecule has 5 heteroatoms. The van der Waals surface area contributed by atoms with Crippen LogP contribution < -0.4 is 0 Å². The van der Waals surface area contributed by atoms with E-state index in [-0.39, 0.29) is 11.5 Å². The Bertz CT molecular complexity index is 994. The molecule has 3 atom stereocenters. The van der Waals surface area contributed by atoms with Gasteiger partial charge in [0.05, 0.1) is 5.60 Å². The number of phenols is 1. The molecule has 1 saturated carbocycles. The van der Waals surface area contributed by atoms with Gasteiger partial charge in [0.15, 0.2) is 0 Å². The lowest BCUT2D eigenvalue weighted by atomic mass is 9.52. The van der Waals surface area contributed by atoms with Crippen molar-refractivity contribution in [3.05, 3.63) is 59.4 Å². The van der Waals surface area contributed by atoms with Crippen LogP contribution in [0, 0.1) is 5.92 Å². The minimum atomic E-state index is -0.726. The first-order valence-electron chi connectivity index (χ1n) is 13.0. The Kier molecular flexibility index (Phi) is 5.47. The number of hydrogen-bond donors (Lipinski definition) is 2. The van der Waals surface area contributed by atoms with E-state index in [9.17, 15) is 10.2 Å². The van der Waals surface area contributed by atoms with E-state index in [0.717, 1.165) is 82.9 Å². The predicted molar refractivity (Wildman–Crippen MR) is 129 cm³/mol. The fourth-order valence-electron chi connectivity index (χ4n) is 7.17. The SMILES string of the molecule is Oc1ccc2c(c1)C13CCN(CCCc4ccccn4)CCC1(O)C(C2)N(CC1CC1)CC3. The van der Waals surface area contributed by atoms with Gasteiger partial charge in [0.2, 0.25) is 0 Å². The van der Waals surface area contributed by atoms with Crippen molar-refractivity contribution in [3.63, 3.8) is 0 Å². The van der Waals surface area contributed by atoms with Crippen molar-refractivity contribution in [2.45, 2.75) is 68.4 Å². The second kappa shape index (κ2) is 8.37. The summed E-state index contributed by atoms with van der Waals surface area (Å²) in [6.07, 6.45) is 10.3. The third-order valence-electron chi connectivity index (χ3n) is 9.16. The number of phenolic OH excluding ortho intramolecular Hbond substituents is 1. The van der Waals surface area contributed by atoms with E-state index in [1.165, 1.54) is 24.0 Å². The summed E-state index contributed by atoms with van der Waals surface area (Å²) in [4.78, 5) is 9.67. The van der Waals surface area contributed by atoms with Crippen LogP contribution in [0.15, 0.2) is 42.6 Å². The average molecular weight is 448 g/mol. The van der Waals surface area contributed by atoms with E-state index in [1.54, 1.807) is 0 Å². The standard InChI is InChI=1S/C28H37N3O2/c32-24-9-8-22-18-26-28(33)12-16-30(14-3-5-23-4-1-2-13-29-23)15-10-27(28,25(22)19-24)11-17-31(26)20-21-6-7-21/h1-2,4,8-9,13,19,21,26,32-33H,3,5-7,10-12,14-18,20H2. The van der Waals surface area contributed by atoms with Crippen molar-refractivity contribution in [1.29, 1.82) is 0 Å². The molecule has 2 saturated heterocycles. The van der Waals surface area contributed by atoms with Crippen LogP contribution in [-0.2, 0) is 18.3 Å². The molecule has 2 aliphatic carbocycles. The number of fused-ring (bicyclic) bond motifs is 1. The largest absolute Gasteiger partial charge is 0.508 e. The van der Waals surface area contributed by atoms with Gasteiger partial charge in [0.1, 0.15) is 5.75 Å². The van der Waals surface area contributed by atoms with Crippen molar-refractivity contribution in [1.82, 2.24) is 14.8 Å². The monoisotopic (exact) mass is 447 g/mol. The Balaban J connectivity index is 1.26. The molecule has 3 heterocycles. The summed E-state index contributed by atoms with van der Waals surface area (Å²) >= 11 is 0. The summed E-state index contributed by atoms with van der Waals surface area (Å²) in [7, 11) is 0. The summed E-state index contributed by atoms with van der Waals surface area (Å²) in [6, 6.07) is 12.3. The van der Waals surface area contributed by atoms with Crippen molar-refractivity contribution in [2.24, 2.45) is 5.92 Å². The number of nitrogens with zero attached hydrogens (tertiary/aromatic N) is 3. The van der Waals surface area contributed by atoms with E-state index in [2.05, 4.69) is 33.0 Å². The van der Waals surface area contributed by atoms with Crippen molar-refractivity contribution >= 4 is 0 Å². The number of benzene rings is 1. The quantitative estimate of drug-likeness (QED) is 0.710. The summed E-state index contributed by atoms with van der Waals surface area (Å²) < 4.78 is 0. The zero-order valence-electron chi connectivity index (χ0n) is 19.6. The zero-order valence-corrected chi connectivity index (χ0v) is 19.6. The summed E-state index contributed by atoms with van der Waals surface area (Å²) in [6.45, 7) is 5.21. The van der Waals surface area contributed by atoms with Crippen LogP contribution in [0.3, 0.4) is 0 Å². The fraction of sp³-hybridized carbons (Fsp3) is 0.607. The third kappa shape index (κ3) is 3.78. The second-order valence-corrected chi connectivity index (χ2v) is 11.0. The van der Waals surface area contributed by atoms with Gasteiger partial charge in [-0.25, -0.2) is 0 Å². The van der Waals surface area contributed by atoms with Gasteiger partial charge in [-0.1, -0.05) is 12.1 Å². The molecule has 1 aromatic carbocycles. The Morgan fingerprint density at radius 3 is 2.70 bits per heavy atom. The summed E-state index contributed by atoms with van der Waals surface area (Å²) in [5.74, 6) is 1.16. The first-order valence-corrected chi connectivity index (χ1v) is 13.0. The number of aromatic nitrogens is 1. The number of rotatable bonds is 6. The first-order chi connectivity index (χ1) is 16.1. The number of hydrogen-bond acceptors (Lipinski definition) is 5. The Morgan fingerprint density at radius 1 is 1.03 bits per heavy atom. The Morgan fingerprint density at radius 2 is 1.88 bits per heavy atom. The lowest BCUT2D eigenvalue weighted by Gasteiger charge is -2.61. The van der Waals surface area contributed by atoms with E-state index < -0.39 is 5.60 Å². The molecule has 1 aromatic heterocycles. The predicted octanol–water partition coefficient (Wildman–Crippen LogP) is 3.53. The maximum atomic E-state index is 12.5. The smallest absolute Gasteiger partial charge is 0.115 e. The lowest BCUT2D eigenvalue weighted by Crippen LogP contribution is -2.71. The molecule has 5 nitrogen and oxygen atoms in total. The third-order valence-corrected chi connectivity index (χ3v) is 9.16. The van der Waals surface area contributed by atoms with Crippen LogP contribution >= 0.6 is 0 Å². The van der Waals surface area contributed by atoms with Crippen LogP contribution in [0.4, 0.5) is 0 Å². The van der Waals surface area contributed by atoms with Gasteiger partial charge in [-0.15, -0.1) is 0 Å². The normalized spacial score (nSPS) is 32.1. The van der Waals surface area contributed by atoms with Crippen LogP contribution in [0.2, 0.25) is 0 Å². The average Bonchev–Trinajstić information content (AvgIpc) is 3.65. The van der Waals surface area contributed by atoms with Crippen molar-refractivity contribution < 1.29 is 10.2 Å². The number of aryl methyl sites for hydroxylation is 1. The minimum absolute atomic E-state index is 0.192. The number of aromatic hydroxyl groups is 1. The zero-order chi connectivity index (χ0) is 22.5. The van der Waals surface area contributed by atoms with Gasteiger partial charge in [-0.2, -0.15) is 0 Å². The number of pyridine rings is 1. The highest BCUT2D eigenvalue weighted by atomic mass is 16.3. The molecular formula is C28H37N3O2. The molecule has 4 aliphatic rings. The maximum absolute atomic E-state index is 12.5. The van der Waals surface area contributed by atoms with Crippen molar-refractivity contribution in [2.75, 3.05) is 32.7 Å². The number of piperidine rings is 1.